The zero-order valence-electron chi connectivity index (χ0n) is 9.25. The van der Waals surface area contributed by atoms with Gasteiger partial charge in [-0.25, -0.2) is 0 Å². The summed E-state index contributed by atoms with van der Waals surface area (Å²) < 4.78 is 0. The number of nitrogens with zero attached hydrogens (tertiary/aromatic N) is 1. The fourth-order valence-corrected chi connectivity index (χ4v) is 2.29. The van der Waals surface area contributed by atoms with Crippen LogP contribution in [0.3, 0.4) is 0 Å². The van der Waals surface area contributed by atoms with Gasteiger partial charge >= 0.3 is 0 Å². The monoisotopic (exact) mass is 216 g/mol. The molecule has 1 unspecified atom stereocenters. The summed E-state index contributed by atoms with van der Waals surface area (Å²) in [4.78, 5) is 13.9. The van der Waals surface area contributed by atoms with Crippen molar-refractivity contribution in [1.29, 1.82) is 0 Å². The number of nitrogens with two attached hydrogens (primary N) is 1. The van der Waals surface area contributed by atoms with Crippen LogP contribution in [0.2, 0.25) is 0 Å². The second-order valence-electron chi connectivity index (χ2n) is 4.20. The number of carbonyl (C=O) groups excluding carboxylic acids is 1. The van der Waals surface area contributed by atoms with Crippen LogP contribution in [-0.4, -0.2) is 42.4 Å². The molecule has 0 heterocycles. The zero-order valence-corrected chi connectivity index (χ0v) is 10.1. The Morgan fingerprint density at radius 2 is 2.21 bits per heavy atom. The van der Waals surface area contributed by atoms with Crippen LogP contribution in [-0.2, 0) is 4.79 Å². The molecular formula is C10H20N2OS. The smallest absolute Gasteiger partial charge is 0.230 e. The first-order chi connectivity index (χ1) is 6.57. The van der Waals surface area contributed by atoms with Gasteiger partial charge in [0, 0.05) is 25.4 Å². The van der Waals surface area contributed by atoms with Crippen molar-refractivity contribution in [1.82, 2.24) is 4.90 Å². The highest BCUT2D eigenvalue weighted by atomic mass is 32.2. The Morgan fingerprint density at radius 1 is 1.64 bits per heavy atom. The normalized spacial score (nSPS) is 20.3. The molecule has 0 aliphatic heterocycles. The number of rotatable bonds is 5. The molecule has 3 nitrogen and oxygen atoms in total. The van der Waals surface area contributed by atoms with Crippen LogP contribution < -0.4 is 5.73 Å². The lowest BCUT2D eigenvalue weighted by atomic mass is 10.1. The number of amides is 1. The highest BCUT2D eigenvalue weighted by molar-refractivity contribution is 7.98. The molecule has 1 aliphatic carbocycles. The van der Waals surface area contributed by atoms with Gasteiger partial charge in [0.1, 0.15) is 0 Å². The van der Waals surface area contributed by atoms with Crippen LogP contribution in [0.15, 0.2) is 0 Å². The van der Waals surface area contributed by atoms with Gasteiger partial charge in [-0.05, 0) is 26.0 Å². The van der Waals surface area contributed by atoms with E-state index in [9.17, 15) is 4.79 Å². The van der Waals surface area contributed by atoms with Crippen molar-refractivity contribution in [3.8, 4) is 0 Å². The second kappa shape index (κ2) is 4.53. The van der Waals surface area contributed by atoms with Gasteiger partial charge in [0.05, 0.1) is 5.41 Å². The Morgan fingerprint density at radius 3 is 2.57 bits per heavy atom. The maximum absolute atomic E-state index is 12.0. The van der Waals surface area contributed by atoms with E-state index in [1.807, 2.05) is 11.9 Å². The van der Waals surface area contributed by atoms with Gasteiger partial charge in [-0.2, -0.15) is 11.8 Å². The SMILES string of the molecule is CSCC(C)N(C)C(=O)C1(CN)CC1. The molecule has 1 aliphatic rings. The predicted octanol–water partition coefficient (Wildman–Crippen LogP) is 0.935. The summed E-state index contributed by atoms with van der Waals surface area (Å²) in [5.74, 6) is 1.23. The van der Waals surface area contributed by atoms with Gasteiger partial charge in [-0.15, -0.1) is 0 Å². The van der Waals surface area contributed by atoms with Crippen LogP contribution in [0.1, 0.15) is 19.8 Å². The first-order valence-electron chi connectivity index (χ1n) is 5.03. The fourth-order valence-electron chi connectivity index (χ4n) is 1.58. The third kappa shape index (κ3) is 2.23. The summed E-state index contributed by atoms with van der Waals surface area (Å²) in [6.07, 6.45) is 4.00. The fraction of sp³-hybridized carbons (Fsp3) is 0.900. The largest absolute Gasteiger partial charge is 0.342 e. The van der Waals surface area contributed by atoms with E-state index in [0.29, 0.717) is 12.6 Å². The summed E-state index contributed by atoms with van der Waals surface area (Å²) >= 11 is 1.77. The maximum atomic E-state index is 12.0. The van der Waals surface area contributed by atoms with E-state index in [4.69, 9.17) is 5.73 Å². The minimum Gasteiger partial charge on any atom is -0.342 e. The molecule has 14 heavy (non-hydrogen) atoms. The summed E-state index contributed by atoms with van der Waals surface area (Å²) in [6, 6.07) is 0.307. The molecule has 82 valence electrons. The third-order valence-corrected chi connectivity index (χ3v) is 3.90. The average molecular weight is 216 g/mol. The summed E-state index contributed by atoms with van der Waals surface area (Å²) in [5.41, 5.74) is 5.44. The van der Waals surface area contributed by atoms with Crippen molar-refractivity contribution in [3.63, 3.8) is 0 Å². The molecule has 0 bridgehead atoms. The second-order valence-corrected chi connectivity index (χ2v) is 5.12. The van der Waals surface area contributed by atoms with Gasteiger partial charge in [0.25, 0.3) is 0 Å². The molecule has 0 aromatic heterocycles. The molecule has 1 amide bonds. The van der Waals surface area contributed by atoms with Crippen LogP contribution in [0.5, 0.6) is 0 Å². The molecule has 0 spiro atoms. The van der Waals surface area contributed by atoms with E-state index < -0.39 is 0 Å². The van der Waals surface area contributed by atoms with Gasteiger partial charge in [-0.3, -0.25) is 4.79 Å². The first kappa shape index (κ1) is 11.9. The van der Waals surface area contributed by atoms with Crippen molar-refractivity contribution < 1.29 is 4.79 Å². The average Bonchev–Trinajstić information content (AvgIpc) is 2.96. The Balaban J connectivity index is 2.52. The van der Waals surface area contributed by atoms with E-state index in [0.717, 1.165) is 18.6 Å². The lowest BCUT2D eigenvalue weighted by Gasteiger charge is -2.28. The van der Waals surface area contributed by atoms with E-state index in [2.05, 4.69) is 13.2 Å². The van der Waals surface area contributed by atoms with Crippen molar-refractivity contribution in [2.75, 3.05) is 25.6 Å². The van der Waals surface area contributed by atoms with Crippen molar-refractivity contribution in [3.05, 3.63) is 0 Å². The number of carbonyl (C=O) groups is 1. The Kier molecular flexibility index (Phi) is 3.84. The van der Waals surface area contributed by atoms with Crippen LogP contribution in [0.25, 0.3) is 0 Å². The molecule has 1 fully saturated rings. The molecule has 0 saturated heterocycles. The minimum absolute atomic E-state index is 0.193. The zero-order chi connectivity index (χ0) is 10.8. The lowest BCUT2D eigenvalue weighted by molar-refractivity contribution is -0.136. The predicted molar refractivity (Wildman–Crippen MR) is 61.3 cm³/mol. The van der Waals surface area contributed by atoms with Crippen molar-refractivity contribution in [2.24, 2.45) is 11.1 Å². The highest BCUT2D eigenvalue weighted by Gasteiger charge is 2.50. The van der Waals surface area contributed by atoms with Crippen molar-refractivity contribution in [2.45, 2.75) is 25.8 Å². The standard InChI is InChI=1S/C10H20N2OS/c1-8(6-14-3)12(2)9(13)10(7-11)4-5-10/h8H,4-7,11H2,1-3H3. The van der Waals surface area contributed by atoms with Gasteiger partial charge in [-0.1, -0.05) is 0 Å². The molecule has 0 radical (unpaired) electrons. The van der Waals surface area contributed by atoms with Gasteiger partial charge in [0.15, 0.2) is 0 Å². The molecule has 1 atom stereocenters. The van der Waals surface area contributed by atoms with E-state index in [1.165, 1.54) is 0 Å². The number of hydrogen-bond donors (Lipinski definition) is 1. The summed E-state index contributed by atoms with van der Waals surface area (Å²) in [7, 11) is 1.89. The number of thioether (sulfide) groups is 1. The maximum Gasteiger partial charge on any atom is 0.230 e. The minimum atomic E-state index is -0.193. The molecule has 0 aromatic carbocycles. The molecular weight excluding hydrogens is 196 g/mol. The van der Waals surface area contributed by atoms with Crippen molar-refractivity contribution >= 4 is 17.7 Å². The first-order valence-corrected chi connectivity index (χ1v) is 6.43. The third-order valence-electron chi connectivity index (χ3n) is 3.09. The van der Waals surface area contributed by atoms with Gasteiger partial charge < -0.3 is 10.6 Å². The molecule has 0 aromatic rings. The van der Waals surface area contributed by atoms with E-state index in [1.54, 1.807) is 11.8 Å². The van der Waals surface area contributed by atoms with Gasteiger partial charge in [0.2, 0.25) is 5.91 Å². The molecule has 4 heteroatoms. The highest BCUT2D eigenvalue weighted by Crippen LogP contribution is 2.46. The number of hydrogen-bond acceptors (Lipinski definition) is 3. The van der Waals surface area contributed by atoms with Crippen LogP contribution in [0.4, 0.5) is 0 Å². The quantitative estimate of drug-likeness (QED) is 0.744. The van der Waals surface area contributed by atoms with E-state index >= 15 is 0 Å². The summed E-state index contributed by atoms with van der Waals surface area (Å²) in [5, 5.41) is 0. The Hall–Kier alpha value is -0.220. The van der Waals surface area contributed by atoms with Crippen LogP contribution >= 0.6 is 11.8 Å². The Labute approximate surface area is 90.4 Å². The molecule has 1 rings (SSSR count). The van der Waals surface area contributed by atoms with Crippen LogP contribution in [0, 0.1) is 5.41 Å². The molecule has 2 N–H and O–H groups in total. The lowest BCUT2D eigenvalue weighted by Crippen LogP contribution is -2.43. The van der Waals surface area contributed by atoms with E-state index in [-0.39, 0.29) is 11.3 Å². The topological polar surface area (TPSA) is 46.3 Å². The molecule has 1 saturated carbocycles. The summed E-state index contributed by atoms with van der Waals surface area (Å²) in [6.45, 7) is 2.59. The Bertz CT molecular complexity index is 216.